The Morgan fingerprint density at radius 1 is 0.769 bits per heavy atom. The van der Waals surface area contributed by atoms with Crippen molar-refractivity contribution in [2.45, 2.75) is 31.4 Å². The van der Waals surface area contributed by atoms with E-state index < -0.39 is 34.2 Å². The number of rotatable bonds is 1. The Kier molecular flexibility index (Phi) is 4.45. The number of benzene rings is 3. The van der Waals surface area contributed by atoms with Crippen LogP contribution in [-0.2, 0) is 10.9 Å². The molecule has 26 heavy (non-hydrogen) atoms. The van der Waals surface area contributed by atoms with Crippen molar-refractivity contribution in [2.75, 3.05) is 0 Å². The number of hydrogen-bond donors (Lipinski definition) is 0. The molecule has 0 N–H and O–H groups in total. The predicted octanol–water partition coefficient (Wildman–Crippen LogP) is 6.76. The van der Waals surface area contributed by atoms with Crippen molar-refractivity contribution in [1.82, 2.24) is 0 Å². The zero-order chi connectivity index (χ0) is 18.6. The van der Waals surface area contributed by atoms with Crippen LogP contribution in [0.25, 0.3) is 0 Å². The van der Waals surface area contributed by atoms with E-state index in [2.05, 4.69) is 0 Å². The fourth-order valence-electron chi connectivity index (χ4n) is 2.69. The Labute approximate surface area is 159 Å². The Bertz CT molecular complexity index is 995. The van der Waals surface area contributed by atoms with Gasteiger partial charge in [-0.25, -0.2) is 17.6 Å². The fourth-order valence-corrected chi connectivity index (χ4v) is 6.71. The molecule has 0 bridgehead atoms. The third kappa shape index (κ3) is 2.90. The van der Waals surface area contributed by atoms with Crippen LogP contribution < -0.4 is 0 Å². The minimum absolute atomic E-state index is 0.474. The fraction of sp³-hybridized carbons (Fsp3) is 0.0526. The molecule has 0 atom stereocenters. The molecule has 1 aliphatic heterocycles. The molecule has 0 fully saturated rings. The van der Waals surface area contributed by atoms with Gasteiger partial charge in [0.25, 0.3) is 0 Å². The summed E-state index contributed by atoms with van der Waals surface area (Å²) in [5.41, 5.74) is 0.862. The van der Waals surface area contributed by atoms with Gasteiger partial charge in [-0.2, -0.15) is 0 Å². The average molecular weight is 414 g/mol. The maximum atomic E-state index is 13.9. The zero-order valence-corrected chi connectivity index (χ0v) is 15.6. The largest absolute Gasteiger partial charge is 0.204 e. The Balaban J connectivity index is 2.01. The lowest BCUT2D eigenvalue weighted by molar-refractivity contribution is 0.499. The first kappa shape index (κ1) is 17.8. The van der Waals surface area contributed by atoms with Crippen molar-refractivity contribution in [3.8, 4) is 0 Å². The van der Waals surface area contributed by atoms with Crippen molar-refractivity contribution < 1.29 is 17.6 Å². The first-order valence-electron chi connectivity index (χ1n) is 7.51. The van der Waals surface area contributed by atoms with Gasteiger partial charge in [0, 0.05) is 23.2 Å². The maximum absolute atomic E-state index is 13.9. The van der Waals surface area contributed by atoms with E-state index in [0.717, 1.165) is 46.5 Å². The topological polar surface area (TPSA) is 0 Å². The van der Waals surface area contributed by atoms with Gasteiger partial charge < -0.3 is 0 Å². The van der Waals surface area contributed by atoms with Crippen LogP contribution in [0.3, 0.4) is 0 Å². The minimum Gasteiger partial charge on any atom is -0.204 e. The lowest BCUT2D eigenvalue weighted by Gasteiger charge is -2.19. The Hall–Kier alpha value is -1.63. The van der Waals surface area contributed by atoms with E-state index in [4.69, 9.17) is 11.6 Å². The normalized spacial score (nSPS) is 13.5. The van der Waals surface area contributed by atoms with Gasteiger partial charge in [0.2, 0.25) is 0 Å². The van der Waals surface area contributed by atoms with E-state index in [9.17, 15) is 17.6 Å². The van der Waals surface area contributed by atoms with Crippen LogP contribution in [-0.4, -0.2) is 0 Å². The van der Waals surface area contributed by atoms with Crippen LogP contribution in [0.1, 0.15) is 5.56 Å². The highest BCUT2D eigenvalue weighted by molar-refractivity contribution is 8.04. The Morgan fingerprint density at radius 3 is 1.77 bits per heavy atom. The van der Waals surface area contributed by atoms with Crippen LogP contribution in [0.15, 0.2) is 66.9 Å². The molecule has 0 aliphatic carbocycles. The minimum atomic E-state index is -0.980. The third-order valence-electron chi connectivity index (χ3n) is 4.01. The van der Waals surface area contributed by atoms with E-state index in [1.807, 2.05) is 19.1 Å². The monoisotopic (exact) mass is 413 g/mol. The van der Waals surface area contributed by atoms with Gasteiger partial charge in [0.05, 0.1) is 9.79 Å². The number of aryl methyl sites for hydroxylation is 1. The molecule has 0 radical (unpaired) electrons. The zero-order valence-electron chi connectivity index (χ0n) is 13.2. The summed E-state index contributed by atoms with van der Waals surface area (Å²) in [4.78, 5) is 2.71. The first-order valence-corrected chi connectivity index (χ1v) is 9.93. The molecule has 0 aromatic heterocycles. The molecule has 0 saturated carbocycles. The number of halogens is 5. The summed E-state index contributed by atoms with van der Waals surface area (Å²) in [6.45, 7) is 1.85. The SMILES string of the molecule is Cc1ccc([S+]2c3cc(F)c(F)cc3Sc3cc(F)c(F)cc32)cc1Cl. The van der Waals surface area contributed by atoms with E-state index in [0.29, 0.717) is 24.6 Å². The van der Waals surface area contributed by atoms with Gasteiger partial charge in [0.1, 0.15) is 10.9 Å². The molecule has 0 unspecified atom stereocenters. The molecule has 3 aromatic carbocycles. The quantitative estimate of drug-likeness (QED) is 0.245. The third-order valence-corrected chi connectivity index (χ3v) is 8.07. The molecule has 7 heteroatoms. The summed E-state index contributed by atoms with van der Waals surface area (Å²) >= 11 is 7.33. The highest BCUT2D eigenvalue weighted by atomic mass is 35.5. The highest BCUT2D eigenvalue weighted by Gasteiger charge is 2.40. The van der Waals surface area contributed by atoms with Crippen LogP contribution in [0.4, 0.5) is 17.6 Å². The second-order valence-electron chi connectivity index (χ2n) is 5.75. The summed E-state index contributed by atoms with van der Waals surface area (Å²) in [5, 5.41) is 0.515. The molecule has 4 rings (SSSR count). The van der Waals surface area contributed by atoms with Crippen molar-refractivity contribution in [2.24, 2.45) is 0 Å². The van der Waals surface area contributed by atoms with Crippen molar-refractivity contribution in [1.29, 1.82) is 0 Å². The van der Waals surface area contributed by atoms with Gasteiger partial charge >= 0.3 is 0 Å². The van der Waals surface area contributed by atoms with Gasteiger partial charge in [-0.15, -0.1) is 0 Å². The lowest BCUT2D eigenvalue weighted by atomic mass is 10.2. The second kappa shape index (κ2) is 6.51. The molecule has 0 nitrogen and oxygen atoms in total. The summed E-state index contributed by atoms with van der Waals surface area (Å²) in [6.07, 6.45) is 0. The van der Waals surface area contributed by atoms with E-state index in [1.54, 1.807) is 6.07 Å². The smallest absolute Gasteiger partial charge is 0.183 e. The predicted molar refractivity (Wildman–Crippen MR) is 95.2 cm³/mol. The molecular formula is C19H10ClF4S2+. The van der Waals surface area contributed by atoms with Gasteiger partial charge in [-0.1, -0.05) is 29.4 Å². The molecule has 1 aliphatic rings. The molecule has 0 saturated heterocycles. The van der Waals surface area contributed by atoms with Crippen LogP contribution in [0.5, 0.6) is 0 Å². The summed E-state index contributed by atoms with van der Waals surface area (Å²) < 4.78 is 55.3. The van der Waals surface area contributed by atoms with Gasteiger partial charge in [-0.05, 0) is 30.7 Å². The standard InChI is InChI=1S/C19H10ClF4S2/c1-9-2-3-10(4-11(9)20)26-18-7-14(23)12(21)5-16(18)25-17-6-13(22)15(24)8-19(17)26/h2-8H,1H3/q+1. The van der Waals surface area contributed by atoms with Crippen molar-refractivity contribution >= 4 is 34.3 Å². The van der Waals surface area contributed by atoms with E-state index in [1.165, 1.54) is 0 Å². The highest BCUT2D eigenvalue weighted by Crippen LogP contribution is 2.49. The summed E-state index contributed by atoms with van der Waals surface area (Å²) in [7, 11) is -0.932. The van der Waals surface area contributed by atoms with E-state index >= 15 is 0 Å². The summed E-state index contributed by atoms with van der Waals surface area (Å²) in [5.74, 6) is -3.92. The molecule has 132 valence electrons. The molecule has 3 aromatic rings. The van der Waals surface area contributed by atoms with Crippen molar-refractivity contribution in [3.63, 3.8) is 0 Å². The number of hydrogen-bond acceptors (Lipinski definition) is 1. The van der Waals surface area contributed by atoms with Crippen LogP contribution in [0.2, 0.25) is 5.02 Å². The van der Waals surface area contributed by atoms with Gasteiger partial charge in [-0.3, -0.25) is 0 Å². The lowest BCUT2D eigenvalue weighted by Crippen LogP contribution is -2.13. The van der Waals surface area contributed by atoms with Crippen LogP contribution in [0, 0.1) is 30.2 Å². The molecule has 0 spiro atoms. The van der Waals surface area contributed by atoms with E-state index in [-0.39, 0.29) is 0 Å². The maximum Gasteiger partial charge on any atom is 0.183 e. The average Bonchev–Trinajstić information content (AvgIpc) is 2.59. The molecule has 1 heterocycles. The Morgan fingerprint density at radius 2 is 1.27 bits per heavy atom. The number of fused-ring (bicyclic) bond motifs is 2. The molecule has 0 amide bonds. The van der Waals surface area contributed by atoms with Crippen molar-refractivity contribution in [3.05, 3.63) is 76.3 Å². The van der Waals surface area contributed by atoms with Crippen LogP contribution >= 0.6 is 23.4 Å². The summed E-state index contributed by atoms with van der Waals surface area (Å²) in [6, 6.07) is 9.79. The molecular weight excluding hydrogens is 404 g/mol. The first-order chi connectivity index (χ1) is 12.3. The van der Waals surface area contributed by atoms with Gasteiger partial charge in [0.15, 0.2) is 38.0 Å². The second-order valence-corrected chi connectivity index (χ2v) is 9.20.